The summed E-state index contributed by atoms with van der Waals surface area (Å²) in [5, 5.41) is 10.8. The molecule has 0 spiro atoms. The molecule has 0 saturated carbocycles. The Morgan fingerprint density at radius 1 is 1.55 bits per heavy atom. The summed E-state index contributed by atoms with van der Waals surface area (Å²) in [7, 11) is 0. The lowest BCUT2D eigenvalue weighted by Crippen LogP contribution is -2.24. The molecule has 3 rings (SSSR count). The third kappa shape index (κ3) is 2.93. The van der Waals surface area contributed by atoms with E-state index in [0.29, 0.717) is 29.2 Å². The summed E-state index contributed by atoms with van der Waals surface area (Å²) < 4.78 is 12.2. The van der Waals surface area contributed by atoms with Gasteiger partial charge in [0.25, 0.3) is 0 Å². The molecule has 3 heterocycles. The van der Waals surface area contributed by atoms with Gasteiger partial charge in [-0.3, -0.25) is 4.57 Å². The highest BCUT2D eigenvalue weighted by Gasteiger charge is 2.20. The Kier molecular flexibility index (Phi) is 3.88. The maximum Gasteiger partial charge on any atom is 0.344 e. The Morgan fingerprint density at radius 2 is 2.45 bits per heavy atom. The normalized spacial score (nSPS) is 18.8. The van der Waals surface area contributed by atoms with Crippen molar-refractivity contribution in [3.8, 4) is 0 Å². The summed E-state index contributed by atoms with van der Waals surface area (Å²) >= 11 is 1.39. The van der Waals surface area contributed by atoms with Gasteiger partial charge in [0.05, 0.1) is 18.4 Å². The van der Waals surface area contributed by atoms with Crippen LogP contribution < -0.4 is 5.69 Å². The van der Waals surface area contributed by atoms with Gasteiger partial charge < -0.3 is 9.26 Å². The number of thioether (sulfide) groups is 1. The molecule has 2 aromatic rings. The van der Waals surface area contributed by atoms with Gasteiger partial charge in [-0.25, -0.2) is 9.89 Å². The number of aryl methyl sites for hydroxylation is 1. The minimum Gasteiger partial charge on any atom is -0.376 e. The molecule has 1 aliphatic rings. The largest absolute Gasteiger partial charge is 0.376 e. The van der Waals surface area contributed by atoms with E-state index in [0.717, 1.165) is 19.4 Å². The fourth-order valence-corrected chi connectivity index (χ4v) is 2.88. The lowest BCUT2D eigenvalue weighted by Gasteiger charge is -2.10. The maximum absolute atomic E-state index is 11.8. The second kappa shape index (κ2) is 5.80. The van der Waals surface area contributed by atoms with Crippen molar-refractivity contribution in [2.75, 3.05) is 6.61 Å². The Hall–Kier alpha value is -1.61. The SMILES string of the molecule is Cc1noc(CSc2n[nH]c(=O)n2CC2CCCO2)n1. The predicted octanol–water partition coefficient (Wildman–Crippen LogP) is 0.734. The van der Waals surface area contributed by atoms with Gasteiger partial charge in [0.2, 0.25) is 5.89 Å². The molecule has 0 amide bonds. The van der Waals surface area contributed by atoms with Gasteiger partial charge in [-0.2, -0.15) is 4.98 Å². The van der Waals surface area contributed by atoms with Gasteiger partial charge in [-0.1, -0.05) is 16.9 Å². The Balaban J connectivity index is 1.68. The van der Waals surface area contributed by atoms with Crippen LogP contribution in [0, 0.1) is 6.92 Å². The quantitative estimate of drug-likeness (QED) is 0.812. The van der Waals surface area contributed by atoms with Crippen molar-refractivity contribution in [1.29, 1.82) is 0 Å². The topological polar surface area (TPSA) is 98.8 Å². The van der Waals surface area contributed by atoms with Crippen LogP contribution in [0.2, 0.25) is 0 Å². The number of nitrogens with zero attached hydrogens (tertiary/aromatic N) is 4. The number of hydrogen-bond donors (Lipinski definition) is 1. The van der Waals surface area contributed by atoms with Crippen LogP contribution in [0.4, 0.5) is 0 Å². The minimum atomic E-state index is -0.218. The van der Waals surface area contributed by atoms with Crippen LogP contribution in [0.1, 0.15) is 24.6 Å². The van der Waals surface area contributed by atoms with E-state index >= 15 is 0 Å². The van der Waals surface area contributed by atoms with E-state index in [1.165, 1.54) is 11.8 Å². The van der Waals surface area contributed by atoms with E-state index in [-0.39, 0.29) is 11.8 Å². The Morgan fingerprint density at radius 3 is 3.15 bits per heavy atom. The molecule has 0 radical (unpaired) electrons. The average molecular weight is 297 g/mol. The average Bonchev–Trinajstić information content (AvgIpc) is 3.13. The van der Waals surface area contributed by atoms with Gasteiger partial charge in [0.1, 0.15) is 0 Å². The van der Waals surface area contributed by atoms with Crippen LogP contribution in [0.5, 0.6) is 0 Å². The first-order valence-corrected chi connectivity index (χ1v) is 7.40. The van der Waals surface area contributed by atoms with E-state index in [1.54, 1.807) is 11.5 Å². The minimum absolute atomic E-state index is 0.0929. The van der Waals surface area contributed by atoms with Crippen LogP contribution in [0.3, 0.4) is 0 Å². The predicted molar refractivity (Wildman–Crippen MR) is 70.4 cm³/mol. The fraction of sp³-hybridized carbons (Fsp3) is 0.636. The van der Waals surface area contributed by atoms with Gasteiger partial charge in [0.15, 0.2) is 11.0 Å². The zero-order valence-corrected chi connectivity index (χ0v) is 11.9. The molecule has 108 valence electrons. The fourth-order valence-electron chi connectivity index (χ4n) is 2.09. The summed E-state index contributed by atoms with van der Waals surface area (Å²) in [4.78, 5) is 15.9. The molecule has 0 aromatic carbocycles. The monoisotopic (exact) mass is 297 g/mol. The first-order valence-electron chi connectivity index (χ1n) is 6.41. The number of rotatable bonds is 5. The van der Waals surface area contributed by atoms with E-state index in [9.17, 15) is 4.79 Å². The summed E-state index contributed by atoms with van der Waals surface area (Å²) in [6.07, 6.45) is 2.11. The van der Waals surface area contributed by atoms with Crippen LogP contribution >= 0.6 is 11.8 Å². The molecule has 0 aliphatic carbocycles. The molecular formula is C11H15N5O3S. The smallest absolute Gasteiger partial charge is 0.344 e. The molecule has 1 unspecified atom stereocenters. The highest BCUT2D eigenvalue weighted by atomic mass is 32.2. The molecule has 2 aromatic heterocycles. The van der Waals surface area contributed by atoms with Gasteiger partial charge >= 0.3 is 5.69 Å². The van der Waals surface area contributed by atoms with Crippen molar-refractivity contribution in [3.05, 3.63) is 22.2 Å². The molecule has 1 saturated heterocycles. The van der Waals surface area contributed by atoms with Crippen molar-refractivity contribution >= 4 is 11.8 Å². The van der Waals surface area contributed by atoms with E-state index in [1.807, 2.05) is 0 Å². The van der Waals surface area contributed by atoms with Crippen LogP contribution in [0.25, 0.3) is 0 Å². The first kappa shape index (κ1) is 13.4. The molecule has 8 nitrogen and oxygen atoms in total. The van der Waals surface area contributed by atoms with Crippen molar-refractivity contribution in [3.63, 3.8) is 0 Å². The number of nitrogens with one attached hydrogen (secondary N) is 1. The Labute approximate surface area is 118 Å². The van der Waals surface area contributed by atoms with Crippen LogP contribution in [-0.4, -0.2) is 37.6 Å². The second-order valence-corrected chi connectivity index (χ2v) is 5.52. The number of ether oxygens (including phenoxy) is 1. The molecular weight excluding hydrogens is 282 g/mol. The summed E-state index contributed by atoms with van der Waals surface area (Å²) in [5.74, 6) is 1.60. The third-order valence-electron chi connectivity index (χ3n) is 3.03. The number of aromatic amines is 1. The maximum atomic E-state index is 11.8. The van der Waals surface area contributed by atoms with E-state index in [4.69, 9.17) is 9.26 Å². The lowest BCUT2D eigenvalue weighted by molar-refractivity contribution is 0.0941. The molecule has 1 fully saturated rings. The number of hydrogen-bond acceptors (Lipinski definition) is 7. The molecule has 0 bridgehead atoms. The summed E-state index contributed by atoms with van der Waals surface area (Å²) in [5.41, 5.74) is -0.218. The zero-order chi connectivity index (χ0) is 13.9. The highest BCUT2D eigenvalue weighted by Crippen LogP contribution is 2.20. The van der Waals surface area contributed by atoms with Crippen molar-refractivity contribution in [1.82, 2.24) is 24.9 Å². The number of H-pyrrole nitrogens is 1. The van der Waals surface area contributed by atoms with E-state index in [2.05, 4.69) is 20.3 Å². The molecule has 9 heteroatoms. The molecule has 20 heavy (non-hydrogen) atoms. The van der Waals surface area contributed by atoms with Crippen molar-refractivity contribution in [2.45, 2.75) is 43.3 Å². The van der Waals surface area contributed by atoms with Gasteiger partial charge in [-0.05, 0) is 19.8 Å². The molecule has 1 N–H and O–H groups in total. The molecule has 1 atom stereocenters. The first-order chi connectivity index (χ1) is 9.72. The zero-order valence-electron chi connectivity index (χ0n) is 11.0. The van der Waals surface area contributed by atoms with Gasteiger partial charge in [0, 0.05) is 6.61 Å². The highest BCUT2D eigenvalue weighted by molar-refractivity contribution is 7.98. The van der Waals surface area contributed by atoms with Crippen molar-refractivity contribution in [2.24, 2.45) is 0 Å². The van der Waals surface area contributed by atoms with Gasteiger partial charge in [-0.15, -0.1) is 5.10 Å². The van der Waals surface area contributed by atoms with Crippen LogP contribution in [-0.2, 0) is 17.0 Å². The summed E-state index contributed by atoms with van der Waals surface area (Å²) in [6.45, 7) is 3.06. The van der Waals surface area contributed by atoms with E-state index < -0.39 is 0 Å². The summed E-state index contributed by atoms with van der Waals surface area (Å²) in [6, 6.07) is 0. The standard InChI is InChI=1S/C11H15N5O3S/c1-7-12-9(19-15-7)6-20-11-14-13-10(17)16(11)5-8-3-2-4-18-8/h8H,2-6H2,1H3,(H,13,17). The van der Waals surface area contributed by atoms with Crippen LogP contribution in [0.15, 0.2) is 14.5 Å². The van der Waals surface area contributed by atoms with Crippen molar-refractivity contribution < 1.29 is 9.26 Å². The second-order valence-electron chi connectivity index (χ2n) is 4.58. The molecule has 1 aliphatic heterocycles. The number of aromatic nitrogens is 5. The Bertz CT molecular complexity index is 628. The third-order valence-corrected chi connectivity index (χ3v) is 3.99. The lowest BCUT2D eigenvalue weighted by atomic mass is 10.2.